The van der Waals surface area contributed by atoms with E-state index >= 15 is 0 Å². The smallest absolute Gasteiger partial charge is 0.344 e. The maximum Gasteiger partial charge on any atom is 0.344 e. The van der Waals surface area contributed by atoms with Gasteiger partial charge in [0.1, 0.15) is 0 Å². The second-order valence-corrected chi connectivity index (χ2v) is 28.1. The summed E-state index contributed by atoms with van der Waals surface area (Å²) in [5, 5.41) is 1.46. The molecule has 0 amide bonds. The fourth-order valence-electron chi connectivity index (χ4n) is 2.76. The van der Waals surface area contributed by atoms with Crippen LogP contribution >= 0.6 is 0 Å². The summed E-state index contributed by atoms with van der Waals surface area (Å²) >= 11 is 0. The lowest BCUT2D eigenvalue weighted by Gasteiger charge is -2.44. The first kappa shape index (κ1) is 22.5. The van der Waals surface area contributed by atoms with Crippen molar-refractivity contribution in [3.05, 3.63) is 10.9 Å². The largest absolute Gasteiger partial charge is 0.434 e. The molecule has 0 rings (SSSR count). The average molecular weight is 377 g/mol. The van der Waals surface area contributed by atoms with Gasteiger partial charge in [-0.2, -0.15) is 0 Å². The van der Waals surface area contributed by atoms with Crippen LogP contribution in [0.1, 0.15) is 20.8 Å². The third-order valence-electron chi connectivity index (χ3n) is 2.88. The average Bonchev–Trinajstić information content (AvgIpc) is 2.03. The van der Waals surface area contributed by atoms with Crippen LogP contribution in [0.4, 0.5) is 0 Å². The Morgan fingerprint density at radius 3 is 1.18 bits per heavy atom. The van der Waals surface area contributed by atoms with Gasteiger partial charge in [0.2, 0.25) is 0 Å². The zero-order valence-electron chi connectivity index (χ0n) is 17.4. The number of hydrogen-bond donors (Lipinski definition) is 0. The topological polar surface area (TPSA) is 18.5 Å². The van der Waals surface area contributed by atoms with Gasteiger partial charge in [-0.15, -0.1) is 0 Å². The third-order valence-corrected chi connectivity index (χ3v) is 14.2. The fraction of sp³-hybridized carbons (Fsp3) is 0.875. The molecule has 0 radical (unpaired) electrons. The van der Waals surface area contributed by atoms with E-state index in [1.807, 2.05) is 0 Å². The molecule has 0 bridgehead atoms. The minimum atomic E-state index is -2.38. The van der Waals surface area contributed by atoms with Crippen LogP contribution in [-0.4, -0.2) is 33.3 Å². The number of hydrogen-bond acceptors (Lipinski definition) is 2. The van der Waals surface area contributed by atoms with Gasteiger partial charge >= 0.3 is 8.56 Å². The van der Waals surface area contributed by atoms with Gasteiger partial charge < -0.3 is 8.23 Å². The van der Waals surface area contributed by atoms with Crippen molar-refractivity contribution < 1.29 is 8.23 Å². The molecule has 0 spiro atoms. The molecule has 0 aliphatic rings. The first-order chi connectivity index (χ1) is 9.25. The van der Waals surface area contributed by atoms with E-state index in [-0.39, 0.29) is 5.41 Å². The third kappa shape index (κ3) is 8.98. The van der Waals surface area contributed by atoms with E-state index in [1.54, 1.807) is 0 Å². The molecule has 0 saturated carbocycles. The van der Waals surface area contributed by atoms with Gasteiger partial charge in [-0.1, -0.05) is 46.1 Å². The van der Waals surface area contributed by atoms with Crippen molar-refractivity contribution in [1.29, 1.82) is 0 Å². The Balaban J connectivity index is 6.15. The van der Waals surface area contributed by atoms with Crippen molar-refractivity contribution in [1.82, 2.24) is 0 Å². The van der Waals surface area contributed by atoms with E-state index in [0.29, 0.717) is 0 Å². The zero-order chi connectivity index (χ0) is 18.2. The van der Waals surface area contributed by atoms with Crippen LogP contribution in [0.25, 0.3) is 0 Å². The lowest BCUT2D eigenvalue weighted by molar-refractivity contribution is 0.373. The summed E-state index contributed by atoms with van der Waals surface area (Å²) in [6.07, 6.45) is 0. The molecule has 0 heterocycles. The lowest BCUT2D eigenvalue weighted by Crippen LogP contribution is -2.56. The standard InChI is InChI=1S/C16H40O2Si4/c1-16(2,3)15(14-19(4,5)6)22(13,17-20(7,8)9)18-21(10,11)12/h14H,1-13H3/b15-14+. The Morgan fingerprint density at radius 1 is 0.682 bits per heavy atom. The normalized spacial score (nSPS) is 16.1. The second-order valence-electron chi connectivity index (χ2n) is 10.5. The summed E-state index contributed by atoms with van der Waals surface area (Å²) in [7, 11) is -7.07. The quantitative estimate of drug-likeness (QED) is 0.517. The van der Waals surface area contributed by atoms with Crippen molar-refractivity contribution in [2.24, 2.45) is 5.41 Å². The van der Waals surface area contributed by atoms with E-state index in [0.717, 1.165) is 0 Å². The first-order valence-electron chi connectivity index (χ1n) is 8.39. The van der Waals surface area contributed by atoms with Gasteiger partial charge in [-0.05, 0) is 56.4 Å². The van der Waals surface area contributed by atoms with Crippen LogP contribution < -0.4 is 0 Å². The van der Waals surface area contributed by atoms with Crippen LogP contribution in [-0.2, 0) is 8.23 Å². The number of allylic oxidation sites excluding steroid dienone is 1. The second kappa shape index (κ2) is 6.80. The van der Waals surface area contributed by atoms with Crippen LogP contribution in [0.3, 0.4) is 0 Å². The van der Waals surface area contributed by atoms with Crippen molar-refractivity contribution in [3.63, 3.8) is 0 Å². The van der Waals surface area contributed by atoms with Gasteiger partial charge in [0.15, 0.2) is 16.6 Å². The maximum absolute atomic E-state index is 6.78. The predicted molar refractivity (Wildman–Crippen MR) is 111 cm³/mol. The van der Waals surface area contributed by atoms with Gasteiger partial charge in [0.05, 0.1) is 8.07 Å². The predicted octanol–water partition coefficient (Wildman–Crippen LogP) is 6.15. The van der Waals surface area contributed by atoms with Crippen molar-refractivity contribution in [2.75, 3.05) is 0 Å². The van der Waals surface area contributed by atoms with Gasteiger partial charge in [-0.25, -0.2) is 0 Å². The van der Waals surface area contributed by atoms with Crippen LogP contribution in [0, 0.1) is 5.41 Å². The Morgan fingerprint density at radius 2 is 1.00 bits per heavy atom. The van der Waals surface area contributed by atoms with Gasteiger partial charge in [0, 0.05) is 0 Å². The molecule has 6 heteroatoms. The minimum absolute atomic E-state index is 0.0978. The van der Waals surface area contributed by atoms with Crippen molar-refractivity contribution >= 4 is 33.3 Å². The Kier molecular flexibility index (Phi) is 6.96. The molecule has 0 aromatic rings. The molecular formula is C16H40O2Si4. The molecule has 0 atom stereocenters. The monoisotopic (exact) mass is 376 g/mol. The van der Waals surface area contributed by atoms with Crippen LogP contribution in [0.2, 0.25) is 65.5 Å². The number of rotatable bonds is 6. The van der Waals surface area contributed by atoms with Crippen molar-refractivity contribution in [3.8, 4) is 0 Å². The fourth-order valence-corrected chi connectivity index (χ4v) is 18.5. The molecule has 132 valence electrons. The zero-order valence-corrected chi connectivity index (χ0v) is 21.4. The first-order valence-corrected chi connectivity index (χ1v) is 21.1. The molecule has 0 aromatic carbocycles. The molecule has 0 N–H and O–H groups in total. The van der Waals surface area contributed by atoms with Gasteiger partial charge in [-0.3, -0.25) is 0 Å². The summed E-state index contributed by atoms with van der Waals surface area (Å²) in [5.74, 6) is 0. The Labute approximate surface area is 144 Å². The summed E-state index contributed by atoms with van der Waals surface area (Å²) in [4.78, 5) is 0. The molecule has 2 nitrogen and oxygen atoms in total. The molecule has 0 saturated heterocycles. The summed E-state index contributed by atoms with van der Waals surface area (Å²) in [6, 6.07) is 0. The molecule has 0 fully saturated rings. The summed E-state index contributed by atoms with van der Waals surface area (Å²) in [6.45, 7) is 30.1. The highest BCUT2D eigenvalue weighted by Gasteiger charge is 2.47. The van der Waals surface area contributed by atoms with Crippen molar-refractivity contribution in [2.45, 2.75) is 86.2 Å². The van der Waals surface area contributed by atoms with E-state index in [2.05, 4.69) is 91.9 Å². The molecule has 0 aliphatic carbocycles. The highest BCUT2D eigenvalue weighted by atomic mass is 28.5. The molecule has 22 heavy (non-hydrogen) atoms. The van der Waals surface area contributed by atoms with E-state index < -0.39 is 33.3 Å². The SMILES string of the molecule is CC(C)(C)/C(=C\[Si](C)(C)C)[Si](C)(O[Si](C)(C)C)O[Si](C)(C)C. The van der Waals surface area contributed by atoms with Gasteiger partial charge in [0.25, 0.3) is 0 Å². The molecular weight excluding hydrogens is 337 g/mol. The van der Waals surface area contributed by atoms with E-state index in [4.69, 9.17) is 8.23 Å². The van der Waals surface area contributed by atoms with E-state index in [9.17, 15) is 0 Å². The van der Waals surface area contributed by atoms with E-state index in [1.165, 1.54) is 5.20 Å². The molecule has 0 unspecified atom stereocenters. The highest BCUT2D eigenvalue weighted by molar-refractivity contribution is 6.92. The Bertz CT molecular complexity index is 388. The summed E-state index contributed by atoms with van der Waals surface area (Å²) in [5.41, 5.74) is 2.65. The lowest BCUT2D eigenvalue weighted by atomic mass is 9.97. The molecule has 0 aliphatic heterocycles. The maximum atomic E-state index is 6.78. The van der Waals surface area contributed by atoms with Crippen LogP contribution in [0.15, 0.2) is 10.9 Å². The minimum Gasteiger partial charge on any atom is -0.434 e. The highest BCUT2D eigenvalue weighted by Crippen LogP contribution is 2.38. The Hall–Kier alpha value is 0.528. The molecule has 0 aromatic heterocycles. The summed E-state index contributed by atoms with van der Waals surface area (Å²) < 4.78 is 13.6. The van der Waals surface area contributed by atoms with Crippen LogP contribution in [0.5, 0.6) is 0 Å².